The number of hydrazone groups is 1. The van der Waals surface area contributed by atoms with Crippen molar-refractivity contribution in [2.45, 2.75) is 40.2 Å². The van der Waals surface area contributed by atoms with Crippen molar-refractivity contribution in [2.75, 3.05) is 0 Å². The normalized spacial score (nSPS) is 20.2. The molecule has 12 heavy (non-hydrogen) atoms. The largest absolute Gasteiger partial charge is 0.273 e. The second kappa shape index (κ2) is 3.25. The molecule has 0 spiro atoms. The van der Waals surface area contributed by atoms with E-state index in [9.17, 15) is 4.79 Å². The molecule has 1 atom stereocenters. The van der Waals surface area contributed by atoms with Gasteiger partial charge < -0.3 is 0 Å². The zero-order valence-electron chi connectivity index (χ0n) is 8.16. The van der Waals surface area contributed by atoms with E-state index in [1.165, 1.54) is 0 Å². The third-order valence-electron chi connectivity index (χ3n) is 2.29. The SMILES string of the molecule is CC1=NN(C(C)C(C)C)C(=O)C1. The van der Waals surface area contributed by atoms with Crippen molar-refractivity contribution in [3.8, 4) is 0 Å². The van der Waals surface area contributed by atoms with E-state index >= 15 is 0 Å². The number of nitrogens with zero attached hydrogens (tertiary/aromatic N) is 2. The van der Waals surface area contributed by atoms with Crippen molar-refractivity contribution >= 4 is 11.6 Å². The summed E-state index contributed by atoms with van der Waals surface area (Å²) in [7, 11) is 0. The van der Waals surface area contributed by atoms with Crippen LogP contribution in [0.25, 0.3) is 0 Å². The number of carbonyl (C=O) groups is 1. The van der Waals surface area contributed by atoms with Crippen molar-refractivity contribution < 1.29 is 4.79 Å². The molecule has 1 aliphatic heterocycles. The molecule has 0 fully saturated rings. The van der Waals surface area contributed by atoms with Crippen LogP contribution in [0.4, 0.5) is 0 Å². The Balaban J connectivity index is 2.69. The highest BCUT2D eigenvalue weighted by atomic mass is 16.2. The minimum Gasteiger partial charge on any atom is -0.273 e. The molecule has 0 bridgehead atoms. The second-order valence-electron chi connectivity index (χ2n) is 3.73. The molecule has 0 aliphatic carbocycles. The van der Waals surface area contributed by atoms with Crippen LogP contribution >= 0.6 is 0 Å². The average Bonchev–Trinajstić information content (AvgIpc) is 2.28. The van der Waals surface area contributed by atoms with Gasteiger partial charge in [-0.05, 0) is 19.8 Å². The molecule has 68 valence electrons. The highest BCUT2D eigenvalue weighted by molar-refractivity contribution is 6.03. The third-order valence-corrected chi connectivity index (χ3v) is 2.29. The first-order valence-electron chi connectivity index (χ1n) is 4.38. The van der Waals surface area contributed by atoms with Crippen molar-refractivity contribution in [2.24, 2.45) is 11.0 Å². The predicted octanol–water partition coefficient (Wildman–Crippen LogP) is 1.64. The zero-order valence-corrected chi connectivity index (χ0v) is 8.16. The van der Waals surface area contributed by atoms with Crippen LogP contribution in [-0.4, -0.2) is 22.7 Å². The molecule has 1 rings (SSSR count). The molecule has 1 amide bonds. The van der Waals surface area contributed by atoms with Gasteiger partial charge in [-0.2, -0.15) is 5.10 Å². The van der Waals surface area contributed by atoms with E-state index in [0.29, 0.717) is 12.3 Å². The van der Waals surface area contributed by atoms with E-state index in [2.05, 4.69) is 18.9 Å². The molecular weight excluding hydrogens is 152 g/mol. The minimum atomic E-state index is 0.133. The van der Waals surface area contributed by atoms with Crippen LogP contribution in [0.5, 0.6) is 0 Å². The van der Waals surface area contributed by atoms with Gasteiger partial charge in [0.15, 0.2) is 0 Å². The Morgan fingerprint density at radius 2 is 2.00 bits per heavy atom. The fourth-order valence-electron chi connectivity index (χ4n) is 1.18. The van der Waals surface area contributed by atoms with Gasteiger partial charge in [0, 0.05) is 5.71 Å². The molecule has 0 N–H and O–H groups in total. The van der Waals surface area contributed by atoms with Crippen LogP contribution in [-0.2, 0) is 4.79 Å². The molecular formula is C9H16N2O. The maximum absolute atomic E-state index is 11.3. The maximum Gasteiger partial charge on any atom is 0.248 e. The standard InChI is InChI=1S/C9H16N2O/c1-6(2)8(4)11-9(12)5-7(3)10-11/h6,8H,5H2,1-4H3. The van der Waals surface area contributed by atoms with Gasteiger partial charge in [0.05, 0.1) is 12.5 Å². The summed E-state index contributed by atoms with van der Waals surface area (Å²) >= 11 is 0. The summed E-state index contributed by atoms with van der Waals surface area (Å²) in [6, 6.07) is 0.218. The second-order valence-corrected chi connectivity index (χ2v) is 3.73. The lowest BCUT2D eigenvalue weighted by atomic mass is 10.1. The Bertz CT molecular complexity index is 221. The third kappa shape index (κ3) is 1.65. The summed E-state index contributed by atoms with van der Waals surface area (Å²) in [5.41, 5.74) is 0.924. The lowest BCUT2D eigenvalue weighted by Gasteiger charge is -2.23. The number of hydrogen-bond acceptors (Lipinski definition) is 2. The van der Waals surface area contributed by atoms with Crippen LogP contribution < -0.4 is 0 Å². The number of rotatable bonds is 2. The summed E-state index contributed by atoms with van der Waals surface area (Å²) in [6.45, 7) is 8.12. The first-order chi connectivity index (χ1) is 5.52. The highest BCUT2D eigenvalue weighted by Crippen LogP contribution is 2.17. The van der Waals surface area contributed by atoms with Gasteiger partial charge in [0.25, 0.3) is 0 Å². The molecule has 0 saturated carbocycles. The molecule has 0 radical (unpaired) electrons. The topological polar surface area (TPSA) is 32.7 Å². The lowest BCUT2D eigenvalue weighted by molar-refractivity contribution is -0.131. The van der Waals surface area contributed by atoms with E-state index in [-0.39, 0.29) is 11.9 Å². The summed E-state index contributed by atoms with van der Waals surface area (Å²) < 4.78 is 0. The molecule has 3 nitrogen and oxygen atoms in total. The Morgan fingerprint density at radius 1 is 1.42 bits per heavy atom. The van der Waals surface area contributed by atoms with Crippen LogP contribution in [0.15, 0.2) is 5.10 Å². The van der Waals surface area contributed by atoms with Gasteiger partial charge in [-0.15, -0.1) is 0 Å². The fraction of sp³-hybridized carbons (Fsp3) is 0.778. The maximum atomic E-state index is 11.3. The lowest BCUT2D eigenvalue weighted by Crippen LogP contribution is -2.34. The minimum absolute atomic E-state index is 0.133. The van der Waals surface area contributed by atoms with Crippen LogP contribution in [0.2, 0.25) is 0 Å². The van der Waals surface area contributed by atoms with Gasteiger partial charge in [0.2, 0.25) is 5.91 Å². The fourth-order valence-corrected chi connectivity index (χ4v) is 1.18. The van der Waals surface area contributed by atoms with Gasteiger partial charge >= 0.3 is 0 Å². The molecule has 3 heteroatoms. The summed E-state index contributed by atoms with van der Waals surface area (Å²) in [4.78, 5) is 11.3. The first kappa shape index (κ1) is 9.23. The van der Waals surface area contributed by atoms with Crippen LogP contribution in [0, 0.1) is 5.92 Å². The molecule has 0 aromatic carbocycles. The van der Waals surface area contributed by atoms with Crippen molar-refractivity contribution in [1.82, 2.24) is 5.01 Å². The molecule has 1 heterocycles. The zero-order chi connectivity index (χ0) is 9.30. The number of amides is 1. The average molecular weight is 168 g/mol. The quantitative estimate of drug-likeness (QED) is 0.617. The molecule has 1 aliphatic rings. The van der Waals surface area contributed by atoms with Gasteiger partial charge in [0.1, 0.15) is 0 Å². The summed E-state index contributed by atoms with van der Waals surface area (Å²) in [5.74, 6) is 0.595. The molecule has 0 aromatic rings. The van der Waals surface area contributed by atoms with Crippen LogP contribution in [0.1, 0.15) is 34.1 Å². The molecule has 0 aromatic heterocycles. The van der Waals surface area contributed by atoms with Crippen molar-refractivity contribution in [1.29, 1.82) is 0 Å². The van der Waals surface area contributed by atoms with E-state index in [4.69, 9.17) is 0 Å². The highest BCUT2D eigenvalue weighted by Gasteiger charge is 2.27. The monoisotopic (exact) mass is 168 g/mol. The number of carbonyl (C=O) groups excluding carboxylic acids is 1. The van der Waals surface area contributed by atoms with E-state index in [1.54, 1.807) is 5.01 Å². The first-order valence-corrected chi connectivity index (χ1v) is 4.38. The number of hydrogen-bond donors (Lipinski definition) is 0. The summed E-state index contributed by atoms with van der Waals surface area (Å²) in [5, 5.41) is 5.80. The van der Waals surface area contributed by atoms with E-state index in [0.717, 1.165) is 5.71 Å². The predicted molar refractivity (Wildman–Crippen MR) is 48.9 cm³/mol. The van der Waals surface area contributed by atoms with Crippen molar-refractivity contribution in [3.05, 3.63) is 0 Å². The van der Waals surface area contributed by atoms with Crippen molar-refractivity contribution in [3.63, 3.8) is 0 Å². The van der Waals surface area contributed by atoms with E-state index < -0.39 is 0 Å². The van der Waals surface area contributed by atoms with Gasteiger partial charge in [-0.1, -0.05) is 13.8 Å². The summed E-state index contributed by atoms with van der Waals surface area (Å²) in [6.07, 6.45) is 0.497. The Morgan fingerprint density at radius 3 is 2.33 bits per heavy atom. The Hall–Kier alpha value is -0.860. The van der Waals surface area contributed by atoms with Gasteiger partial charge in [-0.3, -0.25) is 4.79 Å². The smallest absolute Gasteiger partial charge is 0.248 e. The van der Waals surface area contributed by atoms with E-state index in [1.807, 2.05) is 13.8 Å². The Labute approximate surface area is 73.4 Å². The molecule has 1 unspecified atom stereocenters. The van der Waals surface area contributed by atoms with Crippen LogP contribution in [0.3, 0.4) is 0 Å². The Kier molecular flexibility index (Phi) is 2.50. The molecule has 0 saturated heterocycles. The van der Waals surface area contributed by atoms with Gasteiger partial charge in [-0.25, -0.2) is 5.01 Å².